The number of fused-ring (bicyclic) bond motifs is 1. The molecule has 0 aromatic heterocycles. The summed E-state index contributed by atoms with van der Waals surface area (Å²) < 4.78 is 5.49. The molecule has 0 aliphatic carbocycles. The lowest BCUT2D eigenvalue weighted by Gasteiger charge is -2.37. The third-order valence-electron chi connectivity index (χ3n) is 5.39. The first kappa shape index (κ1) is 15.9. The Bertz CT molecular complexity index is 771. The van der Waals surface area contributed by atoms with Crippen LogP contribution in [0.3, 0.4) is 0 Å². The third-order valence-corrected chi connectivity index (χ3v) is 5.60. The first-order chi connectivity index (χ1) is 11.7. The molecule has 1 spiro atoms. The van der Waals surface area contributed by atoms with Gasteiger partial charge in [-0.15, -0.1) is 0 Å². The summed E-state index contributed by atoms with van der Waals surface area (Å²) in [6, 6.07) is 12.0. The molecule has 2 N–H and O–H groups in total. The molecule has 0 bridgehead atoms. The summed E-state index contributed by atoms with van der Waals surface area (Å²) in [6.45, 7) is 2.82. The van der Waals surface area contributed by atoms with Crippen LogP contribution in [0.2, 0.25) is 5.02 Å². The molecule has 4 nitrogen and oxygen atoms in total. The van der Waals surface area contributed by atoms with Gasteiger partial charge in [0, 0.05) is 36.7 Å². The van der Waals surface area contributed by atoms with Crippen molar-refractivity contribution in [2.24, 2.45) is 5.41 Å². The van der Waals surface area contributed by atoms with E-state index in [9.17, 15) is 4.79 Å². The Balaban J connectivity index is 1.59. The van der Waals surface area contributed by atoms with Crippen molar-refractivity contribution in [3.63, 3.8) is 0 Å². The van der Waals surface area contributed by atoms with E-state index in [0.717, 1.165) is 48.6 Å². The Morgan fingerprint density at radius 2 is 2.04 bits per heavy atom. The Morgan fingerprint density at radius 1 is 1.25 bits per heavy atom. The van der Waals surface area contributed by atoms with E-state index in [0.29, 0.717) is 6.54 Å². The van der Waals surface area contributed by atoms with Crippen LogP contribution in [0.25, 0.3) is 10.8 Å². The second-order valence-corrected chi connectivity index (χ2v) is 7.23. The molecular weight excluding hydrogens is 324 g/mol. The molecule has 5 heteroatoms. The quantitative estimate of drug-likeness (QED) is 0.900. The maximum absolute atomic E-state index is 12.4. The van der Waals surface area contributed by atoms with Gasteiger partial charge in [-0.1, -0.05) is 35.9 Å². The van der Waals surface area contributed by atoms with E-state index in [1.165, 1.54) is 5.39 Å². The predicted octanol–water partition coefficient (Wildman–Crippen LogP) is 2.88. The van der Waals surface area contributed by atoms with Gasteiger partial charge in [-0.25, -0.2) is 0 Å². The Morgan fingerprint density at radius 3 is 2.88 bits per heavy atom. The van der Waals surface area contributed by atoms with Crippen LogP contribution in [0, 0.1) is 5.41 Å². The van der Waals surface area contributed by atoms with Crippen LogP contribution < -0.4 is 10.6 Å². The third kappa shape index (κ3) is 2.79. The number of ether oxygens (including phenoxy) is 1. The lowest BCUT2D eigenvalue weighted by molar-refractivity contribution is -0.122. The molecule has 1 atom stereocenters. The zero-order chi connectivity index (χ0) is 16.6. The number of carbonyl (C=O) groups is 1. The average molecular weight is 345 g/mol. The second-order valence-electron chi connectivity index (χ2n) is 6.79. The molecule has 2 aliphatic rings. The minimum atomic E-state index is -0.167. The van der Waals surface area contributed by atoms with Crippen molar-refractivity contribution in [2.45, 2.75) is 25.4 Å². The van der Waals surface area contributed by atoms with Crippen LogP contribution in [-0.4, -0.2) is 31.7 Å². The molecule has 2 aliphatic heterocycles. The van der Waals surface area contributed by atoms with Crippen molar-refractivity contribution in [2.75, 3.05) is 19.8 Å². The van der Waals surface area contributed by atoms with Gasteiger partial charge in [-0.05, 0) is 41.3 Å². The number of halogens is 1. The highest BCUT2D eigenvalue weighted by Gasteiger charge is 2.48. The summed E-state index contributed by atoms with van der Waals surface area (Å²) >= 11 is 6.27. The molecule has 1 amide bonds. The van der Waals surface area contributed by atoms with Crippen molar-refractivity contribution in [3.8, 4) is 0 Å². The van der Waals surface area contributed by atoms with Gasteiger partial charge in [0.05, 0.1) is 6.04 Å². The topological polar surface area (TPSA) is 50.4 Å². The van der Waals surface area contributed by atoms with Gasteiger partial charge in [0.1, 0.15) is 0 Å². The molecule has 0 radical (unpaired) electrons. The number of amides is 1. The number of rotatable bonds is 3. The van der Waals surface area contributed by atoms with Crippen LogP contribution in [0.15, 0.2) is 36.4 Å². The second kappa shape index (κ2) is 6.36. The van der Waals surface area contributed by atoms with Crippen LogP contribution in [0.5, 0.6) is 0 Å². The van der Waals surface area contributed by atoms with E-state index in [2.05, 4.69) is 22.8 Å². The summed E-state index contributed by atoms with van der Waals surface area (Å²) in [6.07, 6.45) is 1.83. The minimum Gasteiger partial charge on any atom is -0.381 e. The zero-order valence-corrected chi connectivity index (χ0v) is 14.2. The van der Waals surface area contributed by atoms with E-state index in [1.54, 1.807) is 0 Å². The maximum Gasteiger partial charge on any atom is 0.237 e. The smallest absolute Gasteiger partial charge is 0.237 e. The fourth-order valence-electron chi connectivity index (χ4n) is 4.01. The highest BCUT2D eigenvalue weighted by Crippen LogP contribution is 2.37. The van der Waals surface area contributed by atoms with Crippen LogP contribution in [0.1, 0.15) is 18.4 Å². The molecule has 2 saturated heterocycles. The van der Waals surface area contributed by atoms with Crippen molar-refractivity contribution in [3.05, 3.63) is 47.0 Å². The Hall–Kier alpha value is -1.62. The molecule has 2 aromatic carbocycles. The van der Waals surface area contributed by atoms with Crippen LogP contribution in [0.4, 0.5) is 0 Å². The van der Waals surface area contributed by atoms with Gasteiger partial charge in [0.25, 0.3) is 0 Å². The van der Waals surface area contributed by atoms with Crippen molar-refractivity contribution < 1.29 is 9.53 Å². The van der Waals surface area contributed by atoms with Crippen molar-refractivity contribution in [1.82, 2.24) is 10.6 Å². The van der Waals surface area contributed by atoms with Crippen LogP contribution >= 0.6 is 11.6 Å². The summed E-state index contributed by atoms with van der Waals surface area (Å²) in [5, 5.41) is 9.56. The summed E-state index contributed by atoms with van der Waals surface area (Å²) in [4.78, 5) is 12.4. The fraction of sp³-hybridized carbons (Fsp3) is 0.421. The first-order valence-corrected chi connectivity index (χ1v) is 8.82. The molecule has 4 rings (SSSR count). The van der Waals surface area contributed by atoms with Gasteiger partial charge in [0.15, 0.2) is 0 Å². The molecule has 1 unspecified atom stereocenters. The lowest BCUT2D eigenvalue weighted by Crippen LogP contribution is -2.49. The fourth-order valence-corrected chi connectivity index (χ4v) is 4.26. The number of benzene rings is 2. The Labute approximate surface area is 146 Å². The van der Waals surface area contributed by atoms with Gasteiger partial charge in [-0.2, -0.15) is 0 Å². The zero-order valence-electron chi connectivity index (χ0n) is 13.5. The standard InChI is InChI=1S/C19H21ClN2O2/c20-15-9-13-3-1-2-4-16(13)14(10-15)11-21-17-18(23)22-12-19(17)5-7-24-8-6-19/h1-4,9-10,17,21H,5-8,11-12H2,(H,22,23). The molecule has 0 saturated carbocycles. The van der Waals surface area contributed by atoms with Gasteiger partial charge in [0.2, 0.25) is 5.91 Å². The first-order valence-electron chi connectivity index (χ1n) is 8.44. The Kier molecular flexibility index (Phi) is 4.21. The van der Waals surface area contributed by atoms with Crippen molar-refractivity contribution >= 4 is 28.3 Å². The van der Waals surface area contributed by atoms with Crippen LogP contribution in [-0.2, 0) is 16.1 Å². The molecule has 2 heterocycles. The van der Waals surface area contributed by atoms with Gasteiger partial charge in [-0.3, -0.25) is 4.79 Å². The van der Waals surface area contributed by atoms with E-state index in [-0.39, 0.29) is 17.4 Å². The highest BCUT2D eigenvalue weighted by molar-refractivity contribution is 6.31. The summed E-state index contributed by atoms with van der Waals surface area (Å²) in [5.74, 6) is 0.100. The van der Waals surface area contributed by atoms with E-state index in [1.807, 2.05) is 24.3 Å². The predicted molar refractivity (Wildman–Crippen MR) is 95.1 cm³/mol. The molecule has 24 heavy (non-hydrogen) atoms. The maximum atomic E-state index is 12.4. The lowest BCUT2D eigenvalue weighted by atomic mass is 9.76. The summed E-state index contributed by atoms with van der Waals surface area (Å²) in [7, 11) is 0. The molecule has 126 valence electrons. The summed E-state index contributed by atoms with van der Waals surface area (Å²) in [5.41, 5.74) is 1.10. The normalized spacial score (nSPS) is 22.9. The average Bonchev–Trinajstić information content (AvgIpc) is 2.89. The number of hydrogen-bond donors (Lipinski definition) is 2. The van der Waals surface area contributed by atoms with E-state index in [4.69, 9.17) is 16.3 Å². The van der Waals surface area contributed by atoms with Gasteiger partial charge >= 0.3 is 0 Å². The van der Waals surface area contributed by atoms with E-state index < -0.39 is 0 Å². The monoisotopic (exact) mass is 344 g/mol. The van der Waals surface area contributed by atoms with E-state index >= 15 is 0 Å². The SMILES string of the molecule is O=C1NCC2(CCOCC2)C1NCc1cc(Cl)cc2ccccc12. The largest absolute Gasteiger partial charge is 0.381 e. The number of nitrogens with one attached hydrogen (secondary N) is 2. The van der Waals surface area contributed by atoms with Gasteiger partial charge < -0.3 is 15.4 Å². The number of carbonyl (C=O) groups excluding carboxylic acids is 1. The van der Waals surface area contributed by atoms with Crippen molar-refractivity contribution in [1.29, 1.82) is 0 Å². The highest BCUT2D eigenvalue weighted by atomic mass is 35.5. The molecule has 2 aromatic rings. The minimum absolute atomic E-state index is 0.0241. The molecular formula is C19H21ClN2O2. The number of hydrogen-bond acceptors (Lipinski definition) is 3. The molecule has 2 fully saturated rings.